The number of rotatable bonds is 5. The second-order valence-electron chi connectivity index (χ2n) is 3.95. The predicted octanol–water partition coefficient (Wildman–Crippen LogP) is 2.55. The van der Waals surface area contributed by atoms with Crippen LogP contribution in [-0.2, 0) is 0 Å². The highest BCUT2D eigenvalue weighted by Crippen LogP contribution is 2.14. The summed E-state index contributed by atoms with van der Waals surface area (Å²) in [6, 6.07) is 7.70. The molecular weight excluding hydrogens is 186 g/mol. The van der Waals surface area contributed by atoms with Crippen molar-refractivity contribution in [3.63, 3.8) is 0 Å². The largest absolute Gasteiger partial charge is 0.330 e. The number of nitrogens with two attached hydrogens (primary N) is 1. The number of carbonyl (C=O) groups excluding carboxylic acids is 1. The molecule has 0 aliphatic rings. The monoisotopic (exact) mass is 205 g/mol. The van der Waals surface area contributed by atoms with Gasteiger partial charge in [0, 0.05) is 18.0 Å². The van der Waals surface area contributed by atoms with Crippen LogP contribution in [0.25, 0.3) is 0 Å². The molecule has 1 rings (SSSR count). The summed E-state index contributed by atoms with van der Waals surface area (Å²) in [4.78, 5) is 12.0. The molecule has 82 valence electrons. The maximum Gasteiger partial charge on any atom is 0.167 e. The average molecular weight is 205 g/mol. The second kappa shape index (κ2) is 5.66. The summed E-state index contributed by atoms with van der Waals surface area (Å²) in [6.07, 6.45) is 1.88. The Morgan fingerprint density at radius 1 is 1.33 bits per heavy atom. The van der Waals surface area contributed by atoms with Gasteiger partial charge in [0.25, 0.3) is 0 Å². The summed E-state index contributed by atoms with van der Waals surface area (Å²) in [5.74, 6) is 0.164. The van der Waals surface area contributed by atoms with Crippen LogP contribution in [0.15, 0.2) is 24.3 Å². The molecule has 2 heteroatoms. The highest BCUT2D eigenvalue weighted by molar-refractivity contribution is 5.98. The summed E-state index contributed by atoms with van der Waals surface area (Å²) in [5, 5.41) is 0. The zero-order valence-electron chi connectivity index (χ0n) is 9.49. The van der Waals surface area contributed by atoms with Crippen molar-refractivity contribution in [2.45, 2.75) is 26.7 Å². The lowest BCUT2D eigenvalue weighted by atomic mass is 9.93. The molecular formula is C13H19NO. The minimum Gasteiger partial charge on any atom is -0.330 e. The molecule has 0 saturated carbocycles. The Bertz CT molecular complexity index is 316. The van der Waals surface area contributed by atoms with Gasteiger partial charge in [-0.3, -0.25) is 4.79 Å². The minimum atomic E-state index is -0.0160. The third-order valence-corrected chi connectivity index (χ3v) is 2.63. The van der Waals surface area contributed by atoms with E-state index in [4.69, 9.17) is 5.73 Å². The van der Waals surface area contributed by atoms with Crippen molar-refractivity contribution in [1.29, 1.82) is 0 Å². The molecule has 1 atom stereocenters. The van der Waals surface area contributed by atoms with E-state index in [1.165, 1.54) is 5.56 Å². The van der Waals surface area contributed by atoms with Gasteiger partial charge in [0.15, 0.2) is 5.78 Å². The highest BCUT2D eigenvalue weighted by atomic mass is 16.1. The van der Waals surface area contributed by atoms with Gasteiger partial charge in [0.05, 0.1) is 0 Å². The van der Waals surface area contributed by atoms with Crippen LogP contribution in [0.4, 0.5) is 0 Å². The summed E-state index contributed by atoms with van der Waals surface area (Å²) < 4.78 is 0. The van der Waals surface area contributed by atoms with Gasteiger partial charge in [0.2, 0.25) is 0 Å². The molecule has 0 amide bonds. The summed E-state index contributed by atoms with van der Waals surface area (Å²) in [5.41, 5.74) is 7.56. The lowest BCUT2D eigenvalue weighted by molar-refractivity contribution is 0.0917. The molecule has 0 bridgehead atoms. The van der Waals surface area contributed by atoms with Crippen molar-refractivity contribution in [2.75, 3.05) is 6.54 Å². The summed E-state index contributed by atoms with van der Waals surface area (Å²) in [7, 11) is 0. The first kappa shape index (κ1) is 11.9. The fraction of sp³-hybridized carbons (Fsp3) is 0.462. The Morgan fingerprint density at radius 2 is 1.93 bits per heavy atom. The van der Waals surface area contributed by atoms with Gasteiger partial charge in [0.1, 0.15) is 0 Å². The van der Waals surface area contributed by atoms with E-state index in [1.807, 2.05) is 31.2 Å². The van der Waals surface area contributed by atoms with E-state index in [0.717, 1.165) is 18.4 Å². The zero-order valence-corrected chi connectivity index (χ0v) is 9.49. The number of hydrogen-bond acceptors (Lipinski definition) is 2. The van der Waals surface area contributed by atoms with Crippen molar-refractivity contribution in [3.05, 3.63) is 35.4 Å². The molecule has 0 spiro atoms. The molecule has 1 unspecified atom stereocenters. The predicted molar refractivity (Wildman–Crippen MR) is 63.0 cm³/mol. The maximum atomic E-state index is 12.0. The topological polar surface area (TPSA) is 43.1 Å². The molecule has 15 heavy (non-hydrogen) atoms. The van der Waals surface area contributed by atoms with Crippen LogP contribution in [-0.4, -0.2) is 12.3 Å². The lowest BCUT2D eigenvalue weighted by Crippen LogP contribution is -2.23. The molecule has 0 radical (unpaired) electrons. The van der Waals surface area contributed by atoms with E-state index in [1.54, 1.807) is 0 Å². The first-order chi connectivity index (χ1) is 7.19. The highest BCUT2D eigenvalue weighted by Gasteiger charge is 2.17. The van der Waals surface area contributed by atoms with Gasteiger partial charge in [-0.1, -0.05) is 43.2 Å². The first-order valence-electron chi connectivity index (χ1n) is 5.50. The van der Waals surface area contributed by atoms with Crippen LogP contribution in [0.1, 0.15) is 35.7 Å². The minimum absolute atomic E-state index is 0.0160. The normalized spacial score (nSPS) is 12.5. The van der Waals surface area contributed by atoms with E-state index >= 15 is 0 Å². The molecule has 0 aliphatic heterocycles. The van der Waals surface area contributed by atoms with Crippen molar-refractivity contribution < 1.29 is 4.79 Å². The first-order valence-corrected chi connectivity index (χ1v) is 5.50. The number of hydrogen-bond donors (Lipinski definition) is 1. The maximum absolute atomic E-state index is 12.0. The number of benzene rings is 1. The van der Waals surface area contributed by atoms with Crippen molar-refractivity contribution in [3.8, 4) is 0 Å². The number of aryl methyl sites for hydroxylation is 1. The number of carbonyl (C=O) groups is 1. The molecule has 1 aromatic carbocycles. The fourth-order valence-corrected chi connectivity index (χ4v) is 1.66. The summed E-state index contributed by atoms with van der Waals surface area (Å²) in [6.45, 7) is 4.53. The van der Waals surface area contributed by atoms with E-state index in [2.05, 4.69) is 6.92 Å². The molecule has 2 N–H and O–H groups in total. The van der Waals surface area contributed by atoms with Crippen LogP contribution in [0.2, 0.25) is 0 Å². The molecule has 0 saturated heterocycles. The van der Waals surface area contributed by atoms with E-state index in [-0.39, 0.29) is 11.7 Å². The Balaban J connectivity index is 2.78. The third-order valence-electron chi connectivity index (χ3n) is 2.63. The van der Waals surface area contributed by atoms with Crippen molar-refractivity contribution >= 4 is 5.78 Å². The zero-order chi connectivity index (χ0) is 11.3. The quantitative estimate of drug-likeness (QED) is 0.751. The lowest BCUT2D eigenvalue weighted by Gasteiger charge is -2.12. The summed E-state index contributed by atoms with van der Waals surface area (Å²) >= 11 is 0. The van der Waals surface area contributed by atoms with Crippen LogP contribution in [0.5, 0.6) is 0 Å². The Morgan fingerprint density at radius 3 is 2.40 bits per heavy atom. The number of ketones is 1. The van der Waals surface area contributed by atoms with Crippen molar-refractivity contribution in [1.82, 2.24) is 0 Å². The van der Waals surface area contributed by atoms with E-state index in [9.17, 15) is 4.79 Å². The van der Waals surface area contributed by atoms with Gasteiger partial charge in [-0.25, -0.2) is 0 Å². The molecule has 0 aliphatic carbocycles. The standard InChI is InChI=1S/C13H19NO/c1-3-4-12(9-14)13(15)11-7-5-10(2)6-8-11/h5-8,12H,3-4,9,14H2,1-2H3. The Hall–Kier alpha value is -1.15. The van der Waals surface area contributed by atoms with Gasteiger partial charge in [-0.15, -0.1) is 0 Å². The van der Waals surface area contributed by atoms with E-state index < -0.39 is 0 Å². The Kier molecular flexibility index (Phi) is 4.50. The second-order valence-corrected chi connectivity index (χ2v) is 3.95. The van der Waals surface area contributed by atoms with Crippen LogP contribution < -0.4 is 5.73 Å². The molecule has 0 aromatic heterocycles. The number of Topliss-reactive ketones (excluding diaryl/α,β-unsaturated/α-hetero) is 1. The van der Waals surface area contributed by atoms with Gasteiger partial charge in [-0.2, -0.15) is 0 Å². The molecule has 0 fully saturated rings. The van der Waals surface area contributed by atoms with Gasteiger partial charge in [-0.05, 0) is 13.3 Å². The van der Waals surface area contributed by atoms with Crippen LogP contribution >= 0.6 is 0 Å². The van der Waals surface area contributed by atoms with Gasteiger partial charge < -0.3 is 5.73 Å². The van der Waals surface area contributed by atoms with Crippen LogP contribution in [0.3, 0.4) is 0 Å². The smallest absolute Gasteiger partial charge is 0.167 e. The Labute approximate surface area is 91.5 Å². The molecule has 1 aromatic rings. The fourth-order valence-electron chi connectivity index (χ4n) is 1.66. The van der Waals surface area contributed by atoms with E-state index in [0.29, 0.717) is 6.54 Å². The third kappa shape index (κ3) is 3.17. The molecule has 2 nitrogen and oxygen atoms in total. The van der Waals surface area contributed by atoms with Crippen molar-refractivity contribution in [2.24, 2.45) is 11.7 Å². The average Bonchev–Trinajstić information content (AvgIpc) is 2.26. The SMILES string of the molecule is CCCC(CN)C(=O)c1ccc(C)cc1. The van der Waals surface area contributed by atoms with Gasteiger partial charge >= 0.3 is 0 Å². The molecule has 0 heterocycles. The van der Waals surface area contributed by atoms with Crippen LogP contribution in [0, 0.1) is 12.8 Å².